The minimum Gasteiger partial charge on any atom is -0.493 e. The first kappa shape index (κ1) is 26.3. The molecule has 0 radical (unpaired) electrons. The molecule has 0 aromatic heterocycles. The van der Waals surface area contributed by atoms with Gasteiger partial charge >= 0.3 is 0 Å². The highest BCUT2D eigenvalue weighted by Gasteiger charge is 2.17. The second-order valence-electron chi connectivity index (χ2n) is 8.67. The maximum Gasteiger partial charge on any atom is 0.251 e. The Bertz CT molecular complexity index is 1180. The number of nitrogens with zero attached hydrogens (tertiary/aromatic N) is 1. The van der Waals surface area contributed by atoms with Gasteiger partial charge in [0, 0.05) is 31.8 Å². The Morgan fingerprint density at radius 2 is 1.51 bits per heavy atom. The minimum absolute atomic E-state index is 0.144. The van der Waals surface area contributed by atoms with E-state index in [0.29, 0.717) is 29.4 Å². The van der Waals surface area contributed by atoms with Crippen molar-refractivity contribution in [1.82, 2.24) is 10.2 Å². The molecule has 0 saturated carbocycles. The van der Waals surface area contributed by atoms with Crippen molar-refractivity contribution in [1.29, 1.82) is 0 Å². The molecule has 0 unspecified atom stereocenters. The molecule has 4 rings (SSSR count). The third-order valence-corrected chi connectivity index (χ3v) is 6.36. The summed E-state index contributed by atoms with van der Waals surface area (Å²) in [5, 5.41) is 3.10. The van der Waals surface area contributed by atoms with Crippen LogP contribution in [0.2, 0.25) is 0 Å². The van der Waals surface area contributed by atoms with Crippen molar-refractivity contribution in [3.05, 3.63) is 77.9 Å². The molecule has 3 aromatic rings. The molecule has 0 atom stereocenters. The molecule has 37 heavy (non-hydrogen) atoms. The molecule has 0 aliphatic carbocycles. The fourth-order valence-electron chi connectivity index (χ4n) is 4.35. The maximum atomic E-state index is 13.5. The van der Waals surface area contributed by atoms with Crippen molar-refractivity contribution >= 4 is 17.6 Å². The second kappa shape index (κ2) is 12.9. The number of methoxy groups -OCH3 is 3. The molecule has 1 saturated heterocycles. The van der Waals surface area contributed by atoms with Gasteiger partial charge in [0.05, 0.1) is 34.5 Å². The number of morpholine rings is 1. The van der Waals surface area contributed by atoms with Crippen molar-refractivity contribution in [3.63, 3.8) is 0 Å². The first-order chi connectivity index (χ1) is 18.1. The topological polar surface area (TPSA) is 69.3 Å². The number of nitrogens with one attached hydrogen (secondary N) is 1. The van der Waals surface area contributed by atoms with Crippen LogP contribution in [0.3, 0.4) is 0 Å². The zero-order valence-electron chi connectivity index (χ0n) is 21.7. The van der Waals surface area contributed by atoms with Crippen LogP contribution in [0.1, 0.15) is 11.1 Å². The summed E-state index contributed by atoms with van der Waals surface area (Å²) in [6.07, 6.45) is 1.85. The number of hydrogen-bond donors (Lipinski definition) is 1. The van der Waals surface area contributed by atoms with E-state index in [1.165, 1.54) is 0 Å². The number of carbonyl (C=O) groups excluding carboxylic acids is 1. The van der Waals surface area contributed by atoms with Crippen molar-refractivity contribution < 1.29 is 23.7 Å². The smallest absolute Gasteiger partial charge is 0.251 e. The van der Waals surface area contributed by atoms with Gasteiger partial charge in [0.15, 0.2) is 11.5 Å². The Hall–Kier alpha value is -3.81. The summed E-state index contributed by atoms with van der Waals surface area (Å²) in [7, 11) is 4.72. The minimum atomic E-state index is -0.144. The van der Waals surface area contributed by atoms with Crippen LogP contribution >= 0.6 is 0 Å². The summed E-state index contributed by atoms with van der Waals surface area (Å²) < 4.78 is 21.9. The van der Waals surface area contributed by atoms with Crippen LogP contribution < -0.4 is 19.5 Å². The van der Waals surface area contributed by atoms with E-state index in [2.05, 4.69) is 22.3 Å². The Morgan fingerprint density at radius 3 is 2.11 bits per heavy atom. The van der Waals surface area contributed by atoms with Crippen LogP contribution in [-0.4, -0.2) is 71.5 Å². The molecule has 0 bridgehead atoms. The second-order valence-corrected chi connectivity index (χ2v) is 8.67. The lowest BCUT2D eigenvalue weighted by Crippen LogP contribution is -2.41. The monoisotopic (exact) mass is 502 g/mol. The zero-order valence-corrected chi connectivity index (χ0v) is 21.7. The normalized spacial score (nSPS) is 14.2. The van der Waals surface area contributed by atoms with Crippen molar-refractivity contribution in [2.24, 2.45) is 0 Å². The van der Waals surface area contributed by atoms with Crippen LogP contribution in [-0.2, 0) is 9.53 Å². The van der Waals surface area contributed by atoms with Gasteiger partial charge in [-0.1, -0.05) is 54.6 Å². The van der Waals surface area contributed by atoms with Gasteiger partial charge in [-0.3, -0.25) is 9.69 Å². The third-order valence-electron chi connectivity index (χ3n) is 6.36. The van der Waals surface area contributed by atoms with Crippen LogP contribution in [0.4, 0.5) is 0 Å². The molecule has 1 aliphatic rings. The summed E-state index contributed by atoms with van der Waals surface area (Å²) in [6, 6.07) is 21.9. The van der Waals surface area contributed by atoms with Crippen molar-refractivity contribution in [2.75, 3.05) is 60.7 Å². The SMILES string of the molecule is COc1cc(/C=C(/C(=O)NCCN2CCOCC2)c2ccc(-c3ccccc3)cc2)cc(OC)c1OC. The van der Waals surface area contributed by atoms with Crippen LogP contribution in [0.25, 0.3) is 22.8 Å². The lowest BCUT2D eigenvalue weighted by molar-refractivity contribution is -0.115. The number of ether oxygens (including phenoxy) is 4. The van der Waals surface area contributed by atoms with Gasteiger partial charge in [-0.25, -0.2) is 0 Å². The first-order valence-corrected chi connectivity index (χ1v) is 12.4. The number of amides is 1. The highest BCUT2D eigenvalue weighted by Crippen LogP contribution is 2.39. The van der Waals surface area contributed by atoms with E-state index in [0.717, 1.165) is 55.1 Å². The molecule has 194 valence electrons. The van der Waals surface area contributed by atoms with E-state index in [-0.39, 0.29) is 5.91 Å². The Kier molecular flexibility index (Phi) is 9.18. The first-order valence-electron chi connectivity index (χ1n) is 12.4. The summed E-state index contributed by atoms with van der Waals surface area (Å²) in [5.41, 5.74) is 4.34. The van der Waals surface area contributed by atoms with Crippen LogP contribution in [0, 0.1) is 0 Å². The zero-order chi connectivity index (χ0) is 26.0. The van der Waals surface area contributed by atoms with Crippen LogP contribution in [0.5, 0.6) is 17.2 Å². The third kappa shape index (κ3) is 6.70. The maximum absolute atomic E-state index is 13.5. The molecule has 1 heterocycles. The predicted octanol–water partition coefficient (Wildman–Crippen LogP) is 4.37. The lowest BCUT2D eigenvalue weighted by atomic mass is 9.98. The quantitative estimate of drug-likeness (QED) is 0.328. The molecule has 7 nitrogen and oxygen atoms in total. The molecule has 0 spiro atoms. The number of carbonyl (C=O) groups is 1. The molecule has 1 aliphatic heterocycles. The fraction of sp³-hybridized carbons (Fsp3) is 0.300. The van der Waals surface area contributed by atoms with Gasteiger partial charge in [0.25, 0.3) is 5.91 Å². The van der Waals surface area contributed by atoms with Gasteiger partial charge in [0.2, 0.25) is 5.75 Å². The lowest BCUT2D eigenvalue weighted by Gasteiger charge is -2.26. The van der Waals surface area contributed by atoms with E-state index >= 15 is 0 Å². The number of rotatable bonds is 10. The van der Waals surface area contributed by atoms with E-state index in [1.54, 1.807) is 21.3 Å². The average molecular weight is 503 g/mol. The predicted molar refractivity (Wildman–Crippen MR) is 146 cm³/mol. The fourth-order valence-corrected chi connectivity index (χ4v) is 4.35. The highest BCUT2D eigenvalue weighted by molar-refractivity contribution is 6.24. The molecule has 1 amide bonds. The van der Waals surface area contributed by atoms with Gasteiger partial charge in [0.1, 0.15) is 0 Å². The summed E-state index contributed by atoms with van der Waals surface area (Å²) >= 11 is 0. The Labute approximate surface area is 218 Å². The van der Waals surface area contributed by atoms with E-state index in [4.69, 9.17) is 18.9 Å². The summed E-state index contributed by atoms with van der Waals surface area (Å²) in [4.78, 5) is 15.8. The van der Waals surface area contributed by atoms with E-state index in [9.17, 15) is 4.79 Å². The molecule has 7 heteroatoms. The molecule has 1 fully saturated rings. The van der Waals surface area contributed by atoms with Gasteiger partial charge in [-0.2, -0.15) is 0 Å². The summed E-state index contributed by atoms with van der Waals surface area (Å²) in [5.74, 6) is 1.42. The number of benzene rings is 3. The Morgan fingerprint density at radius 1 is 0.892 bits per heavy atom. The highest BCUT2D eigenvalue weighted by atomic mass is 16.5. The Balaban J connectivity index is 1.64. The van der Waals surface area contributed by atoms with Crippen molar-refractivity contribution in [2.45, 2.75) is 0 Å². The molecular formula is C30H34N2O5. The molecular weight excluding hydrogens is 468 g/mol. The summed E-state index contributed by atoms with van der Waals surface area (Å²) in [6.45, 7) is 4.55. The number of hydrogen-bond acceptors (Lipinski definition) is 6. The molecule has 1 N–H and O–H groups in total. The van der Waals surface area contributed by atoms with Crippen molar-refractivity contribution in [3.8, 4) is 28.4 Å². The van der Waals surface area contributed by atoms with Gasteiger partial charge in [-0.05, 0) is 40.5 Å². The van der Waals surface area contributed by atoms with E-state index in [1.807, 2.05) is 60.7 Å². The van der Waals surface area contributed by atoms with Crippen LogP contribution in [0.15, 0.2) is 66.7 Å². The molecule has 3 aromatic carbocycles. The van der Waals surface area contributed by atoms with Gasteiger partial charge in [-0.15, -0.1) is 0 Å². The van der Waals surface area contributed by atoms with E-state index < -0.39 is 0 Å². The average Bonchev–Trinajstić information content (AvgIpc) is 2.96. The van der Waals surface area contributed by atoms with Gasteiger partial charge < -0.3 is 24.3 Å². The largest absolute Gasteiger partial charge is 0.493 e. The standard InChI is InChI=1S/C30H34N2O5/c1-34-27-20-22(21-28(35-2)29(27)36-3)19-26(30(33)31-13-14-32-15-17-37-18-16-32)25-11-9-24(10-12-25)23-7-5-4-6-8-23/h4-12,19-21H,13-18H2,1-3H3,(H,31,33)/b26-19+.